The molecule has 0 aliphatic carbocycles. The highest BCUT2D eigenvalue weighted by Gasteiger charge is 2.19. The first-order chi connectivity index (χ1) is 15.9. The van der Waals surface area contributed by atoms with Crippen molar-refractivity contribution in [2.24, 2.45) is 5.73 Å². The number of amides is 1. The Labute approximate surface area is 196 Å². The third kappa shape index (κ3) is 7.43. The van der Waals surface area contributed by atoms with E-state index in [4.69, 9.17) is 20.4 Å². The van der Waals surface area contributed by atoms with E-state index in [1.807, 2.05) is 0 Å². The van der Waals surface area contributed by atoms with E-state index >= 15 is 0 Å². The lowest BCUT2D eigenvalue weighted by Crippen LogP contribution is -2.15. The topological polar surface area (TPSA) is 180 Å². The zero-order chi connectivity index (χ0) is 25.5. The maximum absolute atomic E-state index is 12.9. The van der Waals surface area contributed by atoms with Gasteiger partial charge in [-0.1, -0.05) is 18.2 Å². The zero-order valence-corrected chi connectivity index (χ0v) is 19.1. The molecule has 0 atom stereocenters. The van der Waals surface area contributed by atoms with Crippen LogP contribution < -0.4 is 15.8 Å². The number of aromatic carboxylic acids is 1. The molecular weight excluding hydrogens is 462 g/mol. The number of amidine groups is 1. The van der Waals surface area contributed by atoms with Crippen LogP contribution in [0.2, 0.25) is 0 Å². The lowest BCUT2D eigenvalue weighted by atomic mass is 9.94. The summed E-state index contributed by atoms with van der Waals surface area (Å²) in [6.45, 7) is 0. The Morgan fingerprint density at radius 3 is 2.09 bits per heavy atom. The molecule has 6 N–H and O–H groups in total. The second-order valence-corrected chi connectivity index (χ2v) is 8.41. The SMILES string of the molecule is COc1ccc(C(=O)Nc2ccc(C(=N)N)cc2)c(-c2ccccc2C(=O)O)c1.CS(=O)(=O)O. The van der Waals surface area contributed by atoms with Gasteiger partial charge in [-0.3, -0.25) is 14.8 Å². The van der Waals surface area contributed by atoms with Crippen LogP contribution >= 0.6 is 0 Å². The standard InChI is InChI=1S/C22H19N3O4.CH4O3S/c1-29-15-10-11-17(19(12-15)16-4-2-3-5-18(16)22(27)28)21(26)25-14-8-6-13(7-9-14)20(23)24;1-5(2,3)4/h2-12H,1H3,(H3,23,24)(H,25,26)(H,27,28);1H3,(H,2,3,4). The molecule has 0 radical (unpaired) electrons. The number of carboxylic acids is 1. The number of carbonyl (C=O) groups is 2. The largest absolute Gasteiger partial charge is 0.497 e. The molecule has 3 aromatic rings. The molecule has 0 heterocycles. The molecule has 0 spiro atoms. The average Bonchev–Trinajstić information content (AvgIpc) is 2.77. The molecule has 0 aromatic heterocycles. The van der Waals surface area contributed by atoms with Gasteiger partial charge in [-0.15, -0.1) is 0 Å². The first-order valence-corrected chi connectivity index (χ1v) is 11.4. The van der Waals surface area contributed by atoms with Crippen LogP contribution in [0.15, 0.2) is 66.7 Å². The number of nitrogen functional groups attached to an aromatic ring is 1. The predicted octanol–water partition coefficient (Wildman–Crippen LogP) is 3.10. The van der Waals surface area contributed by atoms with Crippen LogP contribution in [-0.4, -0.2) is 49.2 Å². The molecule has 178 valence electrons. The summed E-state index contributed by atoms with van der Waals surface area (Å²) in [4.78, 5) is 24.6. The second kappa shape index (κ2) is 11.1. The van der Waals surface area contributed by atoms with Gasteiger partial charge in [-0.25, -0.2) is 4.79 Å². The summed E-state index contributed by atoms with van der Waals surface area (Å²) in [5, 5.41) is 19.7. The third-order valence-electron chi connectivity index (χ3n) is 4.37. The van der Waals surface area contributed by atoms with Crippen molar-refractivity contribution in [2.75, 3.05) is 18.7 Å². The lowest BCUT2D eigenvalue weighted by molar-refractivity contribution is 0.0697. The molecular formula is C23H23N3O7S. The van der Waals surface area contributed by atoms with Gasteiger partial charge >= 0.3 is 5.97 Å². The van der Waals surface area contributed by atoms with Gasteiger partial charge in [0.15, 0.2) is 0 Å². The molecule has 10 nitrogen and oxygen atoms in total. The number of benzene rings is 3. The van der Waals surface area contributed by atoms with Gasteiger partial charge in [0.1, 0.15) is 11.6 Å². The van der Waals surface area contributed by atoms with Gasteiger partial charge in [0, 0.05) is 16.8 Å². The minimum atomic E-state index is -3.67. The van der Waals surface area contributed by atoms with Crippen molar-refractivity contribution in [1.82, 2.24) is 0 Å². The van der Waals surface area contributed by atoms with Crippen LogP contribution in [0.1, 0.15) is 26.3 Å². The summed E-state index contributed by atoms with van der Waals surface area (Å²) < 4.78 is 31.1. The van der Waals surface area contributed by atoms with E-state index in [9.17, 15) is 23.1 Å². The molecule has 0 aliphatic heterocycles. The van der Waals surface area contributed by atoms with Gasteiger partial charge in [-0.2, -0.15) is 8.42 Å². The first kappa shape index (κ1) is 26.0. The minimum Gasteiger partial charge on any atom is -0.497 e. The van der Waals surface area contributed by atoms with E-state index in [1.54, 1.807) is 60.7 Å². The van der Waals surface area contributed by atoms with E-state index in [1.165, 1.54) is 13.2 Å². The van der Waals surface area contributed by atoms with E-state index < -0.39 is 22.0 Å². The molecule has 0 saturated heterocycles. The van der Waals surface area contributed by atoms with Gasteiger partial charge in [0.05, 0.1) is 18.9 Å². The average molecular weight is 486 g/mol. The highest BCUT2D eigenvalue weighted by atomic mass is 32.2. The Kier molecular flexibility index (Phi) is 8.48. The lowest BCUT2D eigenvalue weighted by Gasteiger charge is -2.14. The van der Waals surface area contributed by atoms with E-state index in [2.05, 4.69) is 5.32 Å². The summed E-state index contributed by atoms with van der Waals surface area (Å²) in [5.41, 5.74) is 7.75. The first-order valence-electron chi connectivity index (χ1n) is 9.59. The molecule has 3 aromatic carbocycles. The molecule has 0 aliphatic rings. The van der Waals surface area contributed by atoms with Gasteiger partial charge in [0.2, 0.25) is 0 Å². The molecule has 0 unspecified atom stereocenters. The van der Waals surface area contributed by atoms with Crippen molar-refractivity contribution < 1.29 is 32.4 Å². The number of rotatable bonds is 6. The van der Waals surface area contributed by atoms with Crippen molar-refractivity contribution in [2.45, 2.75) is 0 Å². The minimum absolute atomic E-state index is 0.0643. The van der Waals surface area contributed by atoms with Gasteiger partial charge < -0.3 is 20.9 Å². The molecule has 0 bridgehead atoms. The summed E-state index contributed by atoms with van der Waals surface area (Å²) in [7, 11) is -2.17. The van der Waals surface area contributed by atoms with Crippen LogP contribution in [0.3, 0.4) is 0 Å². The molecule has 3 rings (SSSR count). The molecule has 0 saturated carbocycles. The summed E-state index contributed by atoms with van der Waals surface area (Å²) in [6, 6.07) is 17.9. The highest BCUT2D eigenvalue weighted by Crippen LogP contribution is 2.31. The van der Waals surface area contributed by atoms with Crippen LogP contribution in [0, 0.1) is 5.41 Å². The fourth-order valence-corrected chi connectivity index (χ4v) is 2.91. The van der Waals surface area contributed by atoms with Crippen LogP contribution in [0.5, 0.6) is 5.75 Å². The van der Waals surface area contributed by atoms with Crippen molar-refractivity contribution in [1.29, 1.82) is 5.41 Å². The van der Waals surface area contributed by atoms with Gasteiger partial charge in [0.25, 0.3) is 16.0 Å². The Morgan fingerprint density at radius 2 is 1.56 bits per heavy atom. The number of carbonyl (C=O) groups excluding carboxylic acids is 1. The summed E-state index contributed by atoms with van der Waals surface area (Å²) in [5.74, 6) is -1.05. The molecule has 34 heavy (non-hydrogen) atoms. The van der Waals surface area contributed by atoms with Crippen LogP contribution in [-0.2, 0) is 10.1 Å². The Bertz CT molecular complexity index is 1310. The summed E-state index contributed by atoms with van der Waals surface area (Å²) in [6.07, 6.45) is 0.715. The zero-order valence-electron chi connectivity index (χ0n) is 18.3. The number of hydrogen-bond donors (Lipinski definition) is 5. The normalized spacial score (nSPS) is 10.4. The fourth-order valence-electron chi connectivity index (χ4n) is 2.91. The smallest absolute Gasteiger partial charge is 0.336 e. The molecule has 0 fully saturated rings. The number of ether oxygens (including phenoxy) is 1. The maximum atomic E-state index is 12.9. The number of nitrogens with two attached hydrogens (primary N) is 1. The Morgan fingerprint density at radius 1 is 0.971 bits per heavy atom. The number of methoxy groups -OCH3 is 1. The number of carboxylic acid groups (broad SMARTS) is 1. The quantitative estimate of drug-likeness (QED) is 0.201. The van der Waals surface area contributed by atoms with Crippen LogP contribution in [0.25, 0.3) is 11.1 Å². The maximum Gasteiger partial charge on any atom is 0.336 e. The number of anilines is 1. The van der Waals surface area contributed by atoms with E-state index in [0.29, 0.717) is 39.9 Å². The third-order valence-corrected chi connectivity index (χ3v) is 4.37. The number of nitrogens with one attached hydrogen (secondary N) is 2. The summed E-state index contributed by atoms with van der Waals surface area (Å²) >= 11 is 0. The second-order valence-electron chi connectivity index (χ2n) is 6.94. The Balaban J connectivity index is 0.000000739. The highest BCUT2D eigenvalue weighted by molar-refractivity contribution is 7.85. The van der Waals surface area contributed by atoms with Crippen molar-refractivity contribution in [3.63, 3.8) is 0 Å². The van der Waals surface area contributed by atoms with E-state index in [-0.39, 0.29) is 11.4 Å². The molecule has 1 amide bonds. The van der Waals surface area contributed by atoms with Crippen molar-refractivity contribution in [3.05, 3.63) is 83.4 Å². The number of hydrogen-bond acceptors (Lipinski definition) is 6. The fraction of sp³-hybridized carbons (Fsp3) is 0.0870. The van der Waals surface area contributed by atoms with Crippen LogP contribution in [0.4, 0.5) is 5.69 Å². The monoisotopic (exact) mass is 485 g/mol. The Hall–Kier alpha value is -4.22. The predicted molar refractivity (Wildman–Crippen MR) is 128 cm³/mol. The van der Waals surface area contributed by atoms with Gasteiger partial charge in [-0.05, 0) is 59.7 Å². The van der Waals surface area contributed by atoms with Crippen molar-refractivity contribution >= 4 is 33.5 Å². The van der Waals surface area contributed by atoms with Crippen molar-refractivity contribution in [3.8, 4) is 16.9 Å². The molecule has 11 heteroatoms. The van der Waals surface area contributed by atoms with E-state index in [0.717, 1.165) is 0 Å².